The summed E-state index contributed by atoms with van der Waals surface area (Å²) in [5, 5.41) is 3.03. The molecular weight excluding hydrogens is 314 g/mol. The van der Waals surface area contributed by atoms with Crippen LogP contribution in [0.15, 0.2) is 46.9 Å². The Labute approximate surface area is 128 Å². The van der Waals surface area contributed by atoms with Gasteiger partial charge in [-0.3, -0.25) is 4.79 Å². The quantitative estimate of drug-likeness (QED) is 0.877. The summed E-state index contributed by atoms with van der Waals surface area (Å²) in [5.74, 6) is -0.0450. The molecule has 0 aliphatic carbocycles. The molecule has 0 saturated heterocycles. The van der Waals surface area contributed by atoms with Gasteiger partial charge in [-0.1, -0.05) is 40.2 Å². The normalized spacial score (nSPS) is 12.0. The largest absolute Gasteiger partial charge is 0.345 e. The SMILES string of the molecule is Cc1ccc(C(=O)NC(C)c2ccccc2Br)cc1C. The van der Waals surface area contributed by atoms with Gasteiger partial charge in [0, 0.05) is 10.0 Å². The van der Waals surface area contributed by atoms with Gasteiger partial charge in [0.05, 0.1) is 6.04 Å². The maximum atomic E-state index is 12.3. The number of hydrogen-bond donors (Lipinski definition) is 1. The van der Waals surface area contributed by atoms with Gasteiger partial charge < -0.3 is 5.32 Å². The molecule has 0 saturated carbocycles. The molecule has 2 aromatic carbocycles. The highest BCUT2D eigenvalue weighted by Crippen LogP contribution is 2.23. The number of aryl methyl sites for hydroxylation is 2. The summed E-state index contributed by atoms with van der Waals surface area (Å²) in [7, 11) is 0. The van der Waals surface area contributed by atoms with Crippen LogP contribution in [-0.2, 0) is 0 Å². The third kappa shape index (κ3) is 3.28. The van der Waals surface area contributed by atoms with Gasteiger partial charge in [0.15, 0.2) is 0 Å². The van der Waals surface area contributed by atoms with Gasteiger partial charge in [-0.05, 0) is 55.7 Å². The van der Waals surface area contributed by atoms with E-state index in [0.29, 0.717) is 5.56 Å². The van der Waals surface area contributed by atoms with Crippen molar-refractivity contribution >= 4 is 21.8 Å². The Morgan fingerprint density at radius 1 is 1.10 bits per heavy atom. The molecule has 1 atom stereocenters. The number of benzene rings is 2. The summed E-state index contributed by atoms with van der Waals surface area (Å²) < 4.78 is 1.01. The van der Waals surface area contributed by atoms with Crippen LogP contribution >= 0.6 is 15.9 Å². The van der Waals surface area contributed by atoms with Crippen LogP contribution < -0.4 is 5.32 Å². The lowest BCUT2D eigenvalue weighted by atomic mass is 10.0. The number of amides is 1. The second kappa shape index (κ2) is 6.23. The van der Waals surface area contributed by atoms with E-state index in [4.69, 9.17) is 0 Å². The van der Waals surface area contributed by atoms with Crippen LogP contribution in [0.1, 0.15) is 40.0 Å². The summed E-state index contributed by atoms with van der Waals surface area (Å²) >= 11 is 3.51. The fourth-order valence-electron chi connectivity index (χ4n) is 2.07. The van der Waals surface area contributed by atoms with Crippen molar-refractivity contribution in [1.29, 1.82) is 0 Å². The molecule has 0 aliphatic heterocycles. The zero-order valence-corrected chi connectivity index (χ0v) is 13.5. The van der Waals surface area contributed by atoms with Crippen LogP contribution in [0.5, 0.6) is 0 Å². The summed E-state index contributed by atoms with van der Waals surface area (Å²) in [4.78, 5) is 12.3. The monoisotopic (exact) mass is 331 g/mol. The van der Waals surface area contributed by atoms with Gasteiger partial charge >= 0.3 is 0 Å². The molecule has 2 rings (SSSR count). The van der Waals surface area contributed by atoms with Crippen molar-refractivity contribution in [3.63, 3.8) is 0 Å². The lowest BCUT2D eigenvalue weighted by molar-refractivity contribution is 0.0939. The fraction of sp³-hybridized carbons (Fsp3) is 0.235. The molecule has 0 spiro atoms. The zero-order chi connectivity index (χ0) is 14.7. The Morgan fingerprint density at radius 2 is 1.80 bits per heavy atom. The van der Waals surface area contributed by atoms with Crippen LogP contribution in [0.4, 0.5) is 0 Å². The number of carbonyl (C=O) groups excluding carboxylic acids is 1. The van der Waals surface area contributed by atoms with Crippen molar-refractivity contribution in [2.24, 2.45) is 0 Å². The van der Waals surface area contributed by atoms with E-state index in [2.05, 4.69) is 21.2 Å². The number of rotatable bonds is 3. The minimum absolute atomic E-state index is 0.0420. The minimum Gasteiger partial charge on any atom is -0.345 e. The first-order chi connectivity index (χ1) is 9.49. The summed E-state index contributed by atoms with van der Waals surface area (Å²) in [6.45, 7) is 6.04. The molecule has 0 aromatic heterocycles. The lowest BCUT2D eigenvalue weighted by Crippen LogP contribution is -2.26. The van der Waals surface area contributed by atoms with E-state index in [1.165, 1.54) is 5.56 Å². The smallest absolute Gasteiger partial charge is 0.251 e. The Hall–Kier alpha value is -1.61. The third-order valence-electron chi connectivity index (χ3n) is 3.49. The van der Waals surface area contributed by atoms with Crippen LogP contribution in [0.2, 0.25) is 0 Å². The van der Waals surface area contributed by atoms with Crippen molar-refractivity contribution in [2.45, 2.75) is 26.8 Å². The molecule has 0 heterocycles. The van der Waals surface area contributed by atoms with Gasteiger partial charge in [0.2, 0.25) is 0 Å². The molecule has 2 nitrogen and oxygen atoms in total. The van der Waals surface area contributed by atoms with Crippen molar-refractivity contribution in [2.75, 3.05) is 0 Å². The fourth-order valence-corrected chi connectivity index (χ4v) is 2.69. The average molecular weight is 332 g/mol. The van der Waals surface area contributed by atoms with E-state index in [9.17, 15) is 4.79 Å². The molecule has 3 heteroatoms. The topological polar surface area (TPSA) is 29.1 Å². The van der Waals surface area contributed by atoms with Crippen LogP contribution in [0.3, 0.4) is 0 Å². The Bertz CT molecular complexity index is 637. The highest BCUT2D eigenvalue weighted by molar-refractivity contribution is 9.10. The van der Waals surface area contributed by atoms with Gasteiger partial charge in [-0.15, -0.1) is 0 Å². The molecule has 1 N–H and O–H groups in total. The minimum atomic E-state index is -0.0450. The lowest BCUT2D eigenvalue weighted by Gasteiger charge is -2.16. The maximum absolute atomic E-state index is 12.3. The van der Waals surface area contributed by atoms with Gasteiger partial charge in [-0.25, -0.2) is 0 Å². The summed E-state index contributed by atoms with van der Waals surface area (Å²) in [5.41, 5.74) is 4.10. The average Bonchev–Trinajstić information content (AvgIpc) is 2.42. The summed E-state index contributed by atoms with van der Waals surface area (Å²) in [6, 6.07) is 13.7. The van der Waals surface area contributed by atoms with E-state index < -0.39 is 0 Å². The van der Waals surface area contributed by atoms with Crippen molar-refractivity contribution in [3.8, 4) is 0 Å². The zero-order valence-electron chi connectivity index (χ0n) is 11.9. The molecule has 1 unspecified atom stereocenters. The first kappa shape index (κ1) is 14.8. The molecular formula is C17H18BrNO. The standard InChI is InChI=1S/C17H18BrNO/c1-11-8-9-14(10-12(11)2)17(20)19-13(3)15-6-4-5-7-16(15)18/h4-10,13H,1-3H3,(H,19,20). The second-order valence-corrected chi connectivity index (χ2v) is 5.87. The number of hydrogen-bond acceptors (Lipinski definition) is 1. The highest BCUT2D eigenvalue weighted by atomic mass is 79.9. The van der Waals surface area contributed by atoms with Crippen LogP contribution in [-0.4, -0.2) is 5.91 Å². The molecule has 0 bridgehead atoms. The predicted molar refractivity (Wildman–Crippen MR) is 85.9 cm³/mol. The first-order valence-electron chi connectivity index (χ1n) is 6.61. The van der Waals surface area contributed by atoms with E-state index in [0.717, 1.165) is 15.6 Å². The molecule has 20 heavy (non-hydrogen) atoms. The van der Waals surface area contributed by atoms with Crippen molar-refractivity contribution < 1.29 is 4.79 Å². The Balaban J connectivity index is 2.15. The first-order valence-corrected chi connectivity index (χ1v) is 7.41. The van der Waals surface area contributed by atoms with Gasteiger partial charge in [-0.2, -0.15) is 0 Å². The molecule has 1 amide bonds. The predicted octanol–water partition coefficient (Wildman–Crippen LogP) is 4.56. The van der Waals surface area contributed by atoms with Gasteiger partial charge in [0.1, 0.15) is 0 Å². The Kier molecular flexibility index (Phi) is 4.61. The molecule has 0 radical (unpaired) electrons. The van der Waals surface area contributed by atoms with Crippen LogP contribution in [0.25, 0.3) is 0 Å². The molecule has 0 fully saturated rings. The number of carbonyl (C=O) groups is 1. The van der Waals surface area contributed by atoms with E-state index in [1.807, 2.05) is 63.2 Å². The highest BCUT2D eigenvalue weighted by Gasteiger charge is 2.13. The van der Waals surface area contributed by atoms with E-state index >= 15 is 0 Å². The van der Waals surface area contributed by atoms with Crippen molar-refractivity contribution in [1.82, 2.24) is 5.32 Å². The summed E-state index contributed by atoms with van der Waals surface area (Å²) in [6.07, 6.45) is 0. The van der Waals surface area contributed by atoms with Gasteiger partial charge in [0.25, 0.3) is 5.91 Å². The molecule has 104 valence electrons. The third-order valence-corrected chi connectivity index (χ3v) is 4.21. The second-order valence-electron chi connectivity index (χ2n) is 5.02. The maximum Gasteiger partial charge on any atom is 0.251 e. The number of nitrogens with one attached hydrogen (secondary N) is 1. The Morgan fingerprint density at radius 3 is 2.45 bits per heavy atom. The van der Waals surface area contributed by atoms with Crippen LogP contribution in [0, 0.1) is 13.8 Å². The van der Waals surface area contributed by atoms with E-state index in [-0.39, 0.29) is 11.9 Å². The van der Waals surface area contributed by atoms with E-state index in [1.54, 1.807) is 0 Å². The molecule has 2 aromatic rings. The number of halogens is 1. The molecule has 0 aliphatic rings. The van der Waals surface area contributed by atoms with Crippen molar-refractivity contribution in [3.05, 3.63) is 69.2 Å².